The van der Waals surface area contributed by atoms with Gasteiger partial charge >= 0.3 is 12.1 Å². The number of hydrogen-bond acceptors (Lipinski definition) is 4. The van der Waals surface area contributed by atoms with E-state index in [1.807, 2.05) is 27.7 Å². The van der Waals surface area contributed by atoms with Gasteiger partial charge in [-0.25, -0.2) is 4.79 Å². The van der Waals surface area contributed by atoms with Crippen LogP contribution in [-0.4, -0.2) is 34.9 Å². The summed E-state index contributed by atoms with van der Waals surface area (Å²) in [5.41, 5.74) is 5.45. The summed E-state index contributed by atoms with van der Waals surface area (Å²) in [6, 6.07) is -0.677. The fraction of sp³-hybridized carbons (Fsp3) is 0.875. The first kappa shape index (κ1) is 18.7. The lowest BCUT2D eigenvalue weighted by Gasteiger charge is -2.34. The van der Waals surface area contributed by atoms with Crippen molar-refractivity contribution in [2.45, 2.75) is 77.5 Å². The maximum atomic E-state index is 12.0. The molecular weight excluding hydrogens is 284 g/mol. The second-order valence-corrected chi connectivity index (χ2v) is 7.41. The highest BCUT2D eigenvalue weighted by atomic mass is 16.6. The highest BCUT2D eigenvalue weighted by Crippen LogP contribution is 2.33. The van der Waals surface area contributed by atoms with Crippen LogP contribution in [0.1, 0.15) is 59.8 Å². The number of amides is 1. The molecule has 0 aromatic heterocycles. The molecule has 1 saturated carbocycles. The minimum absolute atomic E-state index is 0.0712. The molecule has 0 aromatic rings. The number of hydrogen-bond donors (Lipinski definition) is 3. The van der Waals surface area contributed by atoms with Crippen molar-refractivity contribution in [3.63, 3.8) is 0 Å². The molecule has 1 aliphatic rings. The van der Waals surface area contributed by atoms with E-state index in [4.69, 9.17) is 15.6 Å². The first-order valence-electron chi connectivity index (χ1n) is 8.06. The van der Waals surface area contributed by atoms with Crippen LogP contribution in [-0.2, 0) is 9.53 Å². The predicted molar refractivity (Wildman–Crippen MR) is 84.5 cm³/mol. The molecule has 1 amide bonds. The van der Waals surface area contributed by atoms with Crippen molar-refractivity contribution < 1.29 is 19.4 Å². The smallest absolute Gasteiger partial charge is 0.404 e. The van der Waals surface area contributed by atoms with Crippen LogP contribution in [0.5, 0.6) is 0 Å². The summed E-state index contributed by atoms with van der Waals surface area (Å²) in [6.45, 7) is 7.38. The zero-order chi connectivity index (χ0) is 16.9. The molecule has 1 fully saturated rings. The van der Waals surface area contributed by atoms with Crippen LogP contribution >= 0.6 is 0 Å². The Balaban J connectivity index is 2.48. The second kappa shape index (κ2) is 7.81. The van der Waals surface area contributed by atoms with Crippen molar-refractivity contribution in [1.29, 1.82) is 0 Å². The topological polar surface area (TPSA) is 102 Å². The first-order chi connectivity index (χ1) is 10.1. The highest BCUT2D eigenvalue weighted by molar-refractivity contribution is 5.75. The molecule has 4 N–H and O–H groups in total. The molecule has 1 aliphatic carbocycles. The Morgan fingerprint density at radius 1 is 1.36 bits per heavy atom. The van der Waals surface area contributed by atoms with Crippen molar-refractivity contribution in [2.75, 3.05) is 0 Å². The number of carboxylic acid groups (broad SMARTS) is 1. The van der Waals surface area contributed by atoms with E-state index in [9.17, 15) is 9.59 Å². The van der Waals surface area contributed by atoms with Gasteiger partial charge in [0.1, 0.15) is 11.6 Å². The molecule has 0 spiro atoms. The number of ether oxygens (including phenoxy) is 1. The van der Waals surface area contributed by atoms with Gasteiger partial charge in [0.2, 0.25) is 0 Å². The fourth-order valence-corrected chi connectivity index (χ4v) is 3.15. The summed E-state index contributed by atoms with van der Waals surface area (Å²) in [6.07, 6.45) is 3.61. The molecular formula is C16H30N2O4. The van der Waals surface area contributed by atoms with Crippen LogP contribution < -0.4 is 11.1 Å². The van der Waals surface area contributed by atoms with E-state index in [0.717, 1.165) is 25.7 Å². The number of carbonyl (C=O) groups is 2. The lowest BCUT2D eigenvalue weighted by Crippen LogP contribution is -2.42. The van der Waals surface area contributed by atoms with E-state index in [1.54, 1.807) is 0 Å². The van der Waals surface area contributed by atoms with E-state index in [1.165, 1.54) is 0 Å². The van der Waals surface area contributed by atoms with Crippen LogP contribution in [0.25, 0.3) is 0 Å². The van der Waals surface area contributed by atoms with Crippen molar-refractivity contribution in [1.82, 2.24) is 5.32 Å². The molecule has 1 rings (SSSR count). The maximum Gasteiger partial charge on any atom is 0.404 e. The first-order valence-corrected chi connectivity index (χ1v) is 8.06. The molecule has 6 heteroatoms. The van der Waals surface area contributed by atoms with Gasteiger partial charge in [-0.1, -0.05) is 12.8 Å². The monoisotopic (exact) mass is 314 g/mol. The lowest BCUT2D eigenvalue weighted by atomic mass is 9.76. The summed E-state index contributed by atoms with van der Waals surface area (Å²) < 4.78 is 5.31. The Kier molecular flexibility index (Phi) is 6.66. The van der Waals surface area contributed by atoms with Crippen LogP contribution in [0.4, 0.5) is 4.79 Å². The van der Waals surface area contributed by atoms with Gasteiger partial charge in [-0.2, -0.15) is 0 Å². The molecule has 6 nitrogen and oxygen atoms in total. The zero-order valence-corrected chi connectivity index (χ0v) is 14.1. The van der Waals surface area contributed by atoms with E-state index < -0.39 is 17.7 Å². The number of carbonyl (C=O) groups excluding carboxylic acids is 1. The van der Waals surface area contributed by atoms with Gasteiger partial charge in [0, 0.05) is 6.04 Å². The minimum Gasteiger partial charge on any atom is -0.465 e. The number of nitrogens with one attached hydrogen (secondary N) is 1. The fourth-order valence-electron chi connectivity index (χ4n) is 3.15. The Hall–Kier alpha value is -1.30. The largest absolute Gasteiger partial charge is 0.465 e. The molecule has 128 valence electrons. The molecule has 22 heavy (non-hydrogen) atoms. The molecule has 3 unspecified atom stereocenters. The van der Waals surface area contributed by atoms with Gasteiger partial charge in [0.05, 0.1) is 0 Å². The molecule has 0 saturated heterocycles. The Morgan fingerprint density at radius 2 is 2.00 bits per heavy atom. The normalized spacial score (nSPS) is 25.1. The summed E-state index contributed by atoms with van der Waals surface area (Å²) in [5, 5.41) is 11.3. The summed E-state index contributed by atoms with van der Waals surface area (Å²) in [7, 11) is 0. The lowest BCUT2D eigenvalue weighted by molar-refractivity contribution is -0.157. The summed E-state index contributed by atoms with van der Waals surface area (Å²) in [4.78, 5) is 22.7. The minimum atomic E-state index is -0.986. The van der Waals surface area contributed by atoms with Crippen LogP contribution in [0.3, 0.4) is 0 Å². The van der Waals surface area contributed by atoms with E-state index in [2.05, 4.69) is 5.32 Å². The average Bonchev–Trinajstić information content (AvgIpc) is 2.36. The molecule has 0 bridgehead atoms. The van der Waals surface area contributed by atoms with E-state index in [0.29, 0.717) is 18.3 Å². The predicted octanol–water partition coefficient (Wildman–Crippen LogP) is 2.51. The van der Waals surface area contributed by atoms with Crippen LogP contribution in [0, 0.1) is 11.8 Å². The molecule has 0 aliphatic heterocycles. The molecule has 0 radical (unpaired) electrons. The standard InChI is InChI=1S/C16H30N2O4/c1-10(18-15(20)21)12-7-5-6-11(8-12)9-13(17)14(19)22-16(2,3)4/h10-13,18H,5-9,17H2,1-4H3,(H,20,21)/t10-,11?,12?,13?/m0/s1. The van der Waals surface area contributed by atoms with Crippen LogP contribution in [0.15, 0.2) is 0 Å². The third-order valence-electron chi connectivity index (χ3n) is 4.18. The Labute approximate surface area is 132 Å². The van der Waals surface area contributed by atoms with Crippen molar-refractivity contribution in [3.8, 4) is 0 Å². The SMILES string of the molecule is C[C@H](NC(=O)O)C1CCCC(CC(N)C(=O)OC(C)(C)C)C1. The third-order valence-corrected chi connectivity index (χ3v) is 4.18. The second-order valence-electron chi connectivity index (χ2n) is 7.41. The van der Waals surface area contributed by atoms with Gasteiger partial charge < -0.3 is 20.9 Å². The Morgan fingerprint density at radius 3 is 2.55 bits per heavy atom. The van der Waals surface area contributed by atoms with Crippen molar-refractivity contribution in [2.24, 2.45) is 17.6 Å². The zero-order valence-electron chi connectivity index (χ0n) is 14.1. The summed E-state index contributed by atoms with van der Waals surface area (Å²) >= 11 is 0. The molecule has 0 heterocycles. The highest BCUT2D eigenvalue weighted by Gasteiger charge is 2.30. The third kappa shape index (κ3) is 6.64. The summed E-state index contributed by atoms with van der Waals surface area (Å²) in [5.74, 6) is 0.298. The van der Waals surface area contributed by atoms with E-state index in [-0.39, 0.29) is 12.0 Å². The number of esters is 1. The van der Waals surface area contributed by atoms with Gasteiger partial charge in [-0.3, -0.25) is 4.79 Å². The molecule has 0 aromatic carbocycles. The van der Waals surface area contributed by atoms with Gasteiger partial charge in [-0.15, -0.1) is 0 Å². The van der Waals surface area contributed by atoms with Crippen LogP contribution in [0.2, 0.25) is 0 Å². The quantitative estimate of drug-likeness (QED) is 0.677. The maximum absolute atomic E-state index is 12.0. The van der Waals surface area contributed by atoms with Crippen molar-refractivity contribution in [3.05, 3.63) is 0 Å². The Bertz CT molecular complexity index is 392. The van der Waals surface area contributed by atoms with E-state index >= 15 is 0 Å². The van der Waals surface area contributed by atoms with Gasteiger partial charge in [-0.05, 0) is 58.8 Å². The number of rotatable bonds is 5. The number of nitrogens with two attached hydrogens (primary N) is 1. The average molecular weight is 314 g/mol. The van der Waals surface area contributed by atoms with Gasteiger partial charge in [0.25, 0.3) is 0 Å². The van der Waals surface area contributed by atoms with Crippen molar-refractivity contribution >= 4 is 12.1 Å². The molecule has 4 atom stereocenters. The van der Waals surface area contributed by atoms with Gasteiger partial charge in [0.15, 0.2) is 0 Å².